The number of rotatable bonds is 7. The van der Waals surface area contributed by atoms with Crippen LogP contribution in [0.1, 0.15) is 36.0 Å². The highest BCUT2D eigenvalue weighted by atomic mass is 16.5. The summed E-state index contributed by atoms with van der Waals surface area (Å²) < 4.78 is 13.7. The van der Waals surface area contributed by atoms with Crippen LogP contribution in [-0.4, -0.2) is 37.3 Å². The van der Waals surface area contributed by atoms with Crippen molar-refractivity contribution in [1.29, 1.82) is 0 Å². The van der Waals surface area contributed by atoms with Crippen molar-refractivity contribution in [2.24, 2.45) is 0 Å². The minimum Gasteiger partial charge on any atom is -0.497 e. The summed E-state index contributed by atoms with van der Waals surface area (Å²) in [6, 6.07) is 12.9. The molecule has 0 aliphatic heterocycles. The lowest BCUT2D eigenvalue weighted by Gasteiger charge is -2.10. The predicted molar refractivity (Wildman–Crippen MR) is 133 cm³/mol. The molecule has 0 unspecified atom stereocenters. The molecule has 1 fully saturated rings. The topological polar surface area (TPSA) is 117 Å². The summed E-state index contributed by atoms with van der Waals surface area (Å²) in [5, 5.41) is 7.74. The monoisotopic (exact) mass is 484 g/mol. The van der Waals surface area contributed by atoms with E-state index in [2.05, 4.69) is 20.4 Å². The minimum absolute atomic E-state index is 0.0532. The van der Waals surface area contributed by atoms with E-state index >= 15 is 0 Å². The Bertz CT molecular complexity index is 1660. The number of carbonyl (C=O) groups excluding carboxylic acids is 1. The van der Waals surface area contributed by atoms with Crippen LogP contribution in [0.15, 0.2) is 58.1 Å². The number of anilines is 1. The van der Waals surface area contributed by atoms with E-state index in [0.29, 0.717) is 40.1 Å². The lowest BCUT2D eigenvalue weighted by Crippen LogP contribution is -2.25. The van der Waals surface area contributed by atoms with Gasteiger partial charge in [-0.05, 0) is 56.2 Å². The van der Waals surface area contributed by atoms with Crippen LogP contribution >= 0.6 is 0 Å². The molecule has 1 aliphatic carbocycles. The molecule has 1 amide bonds. The first-order valence-corrected chi connectivity index (χ1v) is 11.7. The first kappa shape index (κ1) is 22.0. The van der Waals surface area contributed by atoms with Crippen molar-refractivity contribution < 1.29 is 14.1 Å². The summed E-state index contributed by atoms with van der Waals surface area (Å²) in [6.07, 6.45) is 3.62. The number of hydrogen-bond donors (Lipinski definition) is 1. The quantitative estimate of drug-likeness (QED) is 0.375. The molecule has 2 aromatic carbocycles. The highest BCUT2D eigenvalue weighted by Gasteiger charge is 2.29. The van der Waals surface area contributed by atoms with Gasteiger partial charge in [-0.3, -0.25) is 14.2 Å². The van der Waals surface area contributed by atoms with E-state index in [0.717, 1.165) is 29.3 Å². The number of methoxy groups -OCH3 is 1. The summed E-state index contributed by atoms with van der Waals surface area (Å²) >= 11 is 0. The van der Waals surface area contributed by atoms with E-state index in [1.165, 1.54) is 10.9 Å². The second-order valence-corrected chi connectivity index (χ2v) is 9.08. The van der Waals surface area contributed by atoms with Gasteiger partial charge in [0.25, 0.3) is 5.56 Å². The summed E-state index contributed by atoms with van der Waals surface area (Å²) in [4.78, 5) is 35.7. The van der Waals surface area contributed by atoms with Crippen molar-refractivity contribution in [3.8, 4) is 5.75 Å². The maximum Gasteiger partial charge on any atom is 0.278 e. The first-order chi connectivity index (χ1) is 17.5. The van der Waals surface area contributed by atoms with Gasteiger partial charge in [-0.25, -0.2) is 4.98 Å². The van der Waals surface area contributed by atoms with Gasteiger partial charge in [0.15, 0.2) is 5.82 Å². The number of fused-ring (bicyclic) bond motifs is 3. The van der Waals surface area contributed by atoms with Crippen LogP contribution in [0, 0.1) is 6.92 Å². The summed E-state index contributed by atoms with van der Waals surface area (Å²) in [7, 11) is 1.59. The molecule has 3 aromatic heterocycles. The zero-order chi connectivity index (χ0) is 24.8. The second-order valence-electron chi connectivity index (χ2n) is 9.08. The Balaban J connectivity index is 1.38. The number of nitrogens with one attached hydrogen (secondary N) is 1. The Labute approximate surface area is 205 Å². The summed E-state index contributed by atoms with van der Waals surface area (Å²) in [5.74, 6) is 1.83. The zero-order valence-corrected chi connectivity index (χ0v) is 19.9. The molecule has 0 radical (unpaired) electrons. The fourth-order valence-corrected chi connectivity index (χ4v) is 4.39. The molecule has 1 saturated carbocycles. The molecule has 0 saturated heterocycles. The lowest BCUT2D eigenvalue weighted by molar-refractivity contribution is -0.116. The van der Waals surface area contributed by atoms with Crippen LogP contribution in [0.25, 0.3) is 21.9 Å². The molecular formula is C26H24N6O4. The Morgan fingerprint density at radius 1 is 1.19 bits per heavy atom. The molecule has 0 spiro atoms. The number of aromatic nitrogens is 5. The molecule has 1 N–H and O–H groups in total. The number of ether oxygens (including phenoxy) is 1. The SMILES string of the molecule is COc1ccc(NC(=O)Cn2c3ccc(C)cc3c3ncn(Cc4nc(C5CC5)no4)c(=O)c32)cc1. The first-order valence-electron chi connectivity index (χ1n) is 11.7. The third-order valence-electron chi connectivity index (χ3n) is 6.39. The second kappa shape index (κ2) is 8.63. The Kier molecular flexibility index (Phi) is 5.28. The van der Waals surface area contributed by atoms with Gasteiger partial charge < -0.3 is 19.1 Å². The predicted octanol–water partition coefficient (Wildman–Crippen LogP) is 3.62. The Morgan fingerprint density at radius 2 is 2.00 bits per heavy atom. The summed E-state index contributed by atoms with van der Waals surface area (Å²) in [6.45, 7) is 2.04. The van der Waals surface area contributed by atoms with E-state index in [9.17, 15) is 9.59 Å². The normalized spacial score (nSPS) is 13.4. The van der Waals surface area contributed by atoms with E-state index < -0.39 is 0 Å². The number of nitrogens with zero attached hydrogens (tertiary/aromatic N) is 5. The molecule has 10 heteroatoms. The third-order valence-corrected chi connectivity index (χ3v) is 6.39. The van der Waals surface area contributed by atoms with Crippen LogP contribution < -0.4 is 15.6 Å². The van der Waals surface area contributed by atoms with Gasteiger partial charge >= 0.3 is 0 Å². The number of hydrogen-bond acceptors (Lipinski definition) is 7. The zero-order valence-electron chi connectivity index (χ0n) is 19.9. The highest BCUT2D eigenvalue weighted by Crippen LogP contribution is 2.38. The average molecular weight is 485 g/mol. The number of carbonyl (C=O) groups is 1. The van der Waals surface area contributed by atoms with E-state index in [4.69, 9.17) is 9.26 Å². The van der Waals surface area contributed by atoms with Crippen LogP contribution in [0.4, 0.5) is 5.69 Å². The molecule has 182 valence electrons. The van der Waals surface area contributed by atoms with Crippen molar-refractivity contribution in [2.75, 3.05) is 12.4 Å². The van der Waals surface area contributed by atoms with Gasteiger partial charge in [-0.2, -0.15) is 4.98 Å². The van der Waals surface area contributed by atoms with Crippen LogP contribution in [-0.2, 0) is 17.9 Å². The fraction of sp³-hybridized carbons (Fsp3) is 0.269. The van der Waals surface area contributed by atoms with Gasteiger partial charge in [0.2, 0.25) is 11.8 Å². The molecular weight excluding hydrogens is 460 g/mol. The van der Waals surface area contributed by atoms with Gasteiger partial charge in [0.1, 0.15) is 29.9 Å². The van der Waals surface area contributed by atoms with Gasteiger partial charge in [-0.1, -0.05) is 16.8 Å². The highest BCUT2D eigenvalue weighted by molar-refractivity contribution is 6.06. The maximum atomic E-state index is 13.6. The number of benzene rings is 2. The van der Waals surface area contributed by atoms with Crippen molar-refractivity contribution in [3.63, 3.8) is 0 Å². The largest absolute Gasteiger partial charge is 0.497 e. The molecule has 3 heterocycles. The van der Waals surface area contributed by atoms with Crippen molar-refractivity contribution in [2.45, 2.75) is 38.8 Å². The van der Waals surface area contributed by atoms with Crippen molar-refractivity contribution in [3.05, 3.63) is 76.4 Å². The molecule has 0 atom stereocenters. The lowest BCUT2D eigenvalue weighted by atomic mass is 10.1. The van der Waals surface area contributed by atoms with Crippen LogP contribution in [0.2, 0.25) is 0 Å². The van der Waals surface area contributed by atoms with Gasteiger partial charge in [0, 0.05) is 17.0 Å². The molecule has 5 aromatic rings. The Hall–Kier alpha value is -4.47. The number of amides is 1. The minimum atomic E-state index is -0.280. The molecule has 36 heavy (non-hydrogen) atoms. The van der Waals surface area contributed by atoms with E-state index in [1.807, 2.05) is 25.1 Å². The van der Waals surface area contributed by atoms with Crippen molar-refractivity contribution >= 4 is 33.5 Å². The molecule has 0 bridgehead atoms. The van der Waals surface area contributed by atoms with Gasteiger partial charge in [0.05, 0.1) is 19.0 Å². The standard InChI is InChI=1S/C26H24N6O4/c1-15-3-10-20-19(11-15)23-24(32(20)12-21(33)28-17-6-8-18(35-2)9-7-17)26(34)31(14-27-23)13-22-29-25(30-36-22)16-4-5-16/h3,6-11,14,16H,4-5,12-13H2,1-2H3,(H,28,33). The number of aryl methyl sites for hydroxylation is 1. The molecule has 6 rings (SSSR count). The summed E-state index contributed by atoms with van der Waals surface area (Å²) in [5.41, 5.74) is 3.06. The van der Waals surface area contributed by atoms with Crippen LogP contribution in [0.3, 0.4) is 0 Å². The molecule has 10 nitrogen and oxygen atoms in total. The van der Waals surface area contributed by atoms with Crippen molar-refractivity contribution in [1.82, 2.24) is 24.3 Å². The van der Waals surface area contributed by atoms with E-state index in [-0.39, 0.29) is 24.6 Å². The fourth-order valence-electron chi connectivity index (χ4n) is 4.39. The smallest absolute Gasteiger partial charge is 0.278 e. The maximum absolute atomic E-state index is 13.6. The average Bonchev–Trinajstić information content (AvgIpc) is 3.55. The Morgan fingerprint density at radius 3 is 2.75 bits per heavy atom. The van der Waals surface area contributed by atoms with E-state index in [1.54, 1.807) is 35.9 Å². The van der Waals surface area contributed by atoms with Gasteiger partial charge in [-0.15, -0.1) is 0 Å². The molecule has 1 aliphatic rings. The third kappa shape index (κ3) is 4.00. The van der Waals surface area contributed by atoms with Crippen LogP contribution in [0.5, 0.6) is 5.75 Å².